The molecule has 0 radical (unpaired) electrons. The van der Waals surface area contributed by atoms with Gasteiger partial charge in [-0.15, -0.1) is 0 Å². The molecule has 0 spiro atoms. The second-order valence-corrected chi connectivity index (χ2v) is 5.81. The monoisotopic (exact) mass is 339 g/mol. The summed E-state index contributed by atoms with van der Waals surface area (Å²) >= 11 is 5.87. The van der Waals surface area contributed by atoms with Gasteiger partial charge in [0.1, 0.15) is 5.58 Å². The third kappa shape index (κ3) is 4.69. The zero-order valence-corrected chi connectivity index (χ0v) is 13.3. The van der Waals surface area contributed by atoms with Crippen LogP contribution in [0.4, 0.5) is 0 Å². The molecule has 1 N–H and O–H groups in total. The Morgan fingerprint density at radius 2 is 1.83 bits per heavy atom. The van der Waals surface area contributed by atoms with Crippen molar-refractivity contribution in [2.45, 2.75) is 45.1 Å². The number of hydrogen-bond donors (Lipinski definition) is 1. The lowest BCUT2D eigenvalue weighted by Gasteiger charge is -2.05. The first-order valence-electron chi connectivity index (χ1n) is 7.54. The quantitative estimate of drug-likeness (QED) is 0.746. The van der Waals surface area contributed by atoms with Crippen LogP contribution in [0.25, 0.3) is 11.0 Å². The van der Waals surface area contributed by atoms with Crippen molar-refractivity contribution < 1.29 is 14.3 Å². The van der Waals surface area contributed by atoms with Crippen molar-refractivity contribution in [3.63, 3.8) is 0 Å². The molecule has 0 aliphatic heterocycles. The fourth-order valence-electron chi connectivity index (χ4n) is 2.41. The number of carbonyl (C=O) groups is 1. The van der Waals surface area contributed by atoms with Crippen LogP contribution in [-0.4, -0.2) is 15.6 Å². The molecule has 1 aromatic heterocycles. The number of hydrogen-bond acceptors (Lipinski definition) is 4. The van der Waals surface area contributed by atoms with Crippen molar-refractivity contribution in [1.82, 2.24) is 4.57 Å². The Balaban J connectivity index is 1.97. The maximum Gasteiger partial charge on any atom is 0.422 e. The summed E-state index contributed by atoms with van der Waals surface area (Å²) in [6.07, 6.45) is 3.99. The Hall–Kier alpha value is -2.08. The smallest absolute Gasteiger partial charge is 0.422 e. The maximum atomic E-state index is 12.3. The summed E-state index contributed by atoms with van der Waals surface area (Å²) < 4.78 is 6.21. The van der Waals surface area contributed by atoms with Crippen LogP contribution in [0.1, 0.15) is 38.5 Å². The van der Waals surface area contributed by atoms with Crippen molar-refractivity contribution in [2.24, 2.45) is 0 Å². The van der Waals surface area contributed by atoms with Crippen LogP contribution in [0, 0.1) is 0 Å². The molecule has 0 saturated heterocycles. The number of fused-ring (bicyclic) bond motifs is 1. The van der Waals surface area contributed by atoms with E-state index in [-0.39, 0.29) is 18.5 Å². The van der Waals surface area contributed by atoms with Crippen molar-refractivity contribution in [2.75, 3.05) is 0 Å². The zero-order valence-electron chi connectivity index (χ0n) is 12.6. The largest absolute Gasteiger partial charge is 0.481 e. The summed E-state index contributed by atoms with van der Waals surface area (Å²) in [4.78, 5) is 34.6. The highest BCUT2D eigenvalue weighted by molar-refractivity contribution is 6.31. The Labute approximate surface area is 137 Å². The number of carboxylic acid groups (broad SMARTS) is 1. The van der Waals surface area contributed by atoms with E-state index >= 15 is 0 Å². The van der Waals surface area contributed by atoms with Gasteiger partial charge in [-0.3, -0.25) is 9.59 Å². The molecule has 124 valence electrons. The van der Waals surface area contributed by atoms with E-state index in [1.807, 2.05) is 0 Å². The topological polar surface area (TPSA) is 89.5 Å². The number of benzene rings is 1. The minimum atomic E-state index is -0.788. The minimum absolute atomic E-state index is 0.175. The summed E-state index contributed by atoms with van der Waals surface area (Å²) in [6.45, 7) is 0.280. The molecule has 0 atom stereocenters. The van der Waals surface area contributed by atoms with Crippen molar-refractivity contribution in [3.05, 3.63) is 44.1 Å². The summed E-state index contributed by atoms with van der Waals surface area (Å²) in [5.74, 6) is -1.46. The van der Waals surface area contributed by atoms with Crippen LogP contribution in [0.3, 0.4) is 0 Å². The number of unbranched alkanes of at least 4 members (excludes halogenated alkanes) is 4. The van der Waals surface area contributed by atoms with E-state index in [1.54, 1.807) is 6.07 Å². The molecular weight excluding hydrogens is 322 g/mol. The van der Waals surface area contributed by atoms with E-state index in [2.05, 4.69) is 0 Å². The number of rotatable bonds is 8. The van der Waals surface area contributed by atoms with Crippen LogP contribution >= 0.6 is 11.6 Å². The van der Waals surface area contributed by atoms with Gasteiger partial charge in [0.25, 0.3) is 5.56 Å². The third-order valence-electron chi connectivity index (χ3n) is 3.61. The second-order valence-electron chi connectivity index (χ2n) is 5.38. The first kappa shape index (κ1) is 17.3. The molecule has 6 nitrogen and oxygen atoms in total. The summed E-state index contributed by atoms with van der Waals surface area (Å²) in [5, 5.41) is 9.24. The van der Waals surface area contributed by atoms with Gasteiger partial charge in [0, 0.05) is 18.0 Å². The average Bonchev–Trinajstić information content (AvgIpc) is 2.49. The molecule has 23 heavy (non-hydrogen) atoms. The molecule has 0 fully saturated rings. The van der Waals surface area contributed by atoms with Crippen LogP contribution in [-0.2, 0) is 11.3 Å². The molecule has 0 amide bonds. The fraction of sp³-hybridized carbons (Fsp3) is 0.438. The van der Waals surface area contributed by atoms with Gasteiger partial charge in [-0.05, 0) is 31.0 Å². The molecule has 0 aliphatic carbocycles. The minimum Gasteiger partial charge on any atom is -0.481 e. The van der Waals surface area contributed by atoms with E-state index in [4.69, 9.17) is 21.1 Å². The van der Waals surface area contributed by atoms with E-state index in [1.165, 1.54) is 12.1 Å². The third-order valence-corrected chi connectivity index (χ3v) is 3.84. The molecule has 1 aromatic carbocycles. The highest BCUT2D eigenvalue weighted by atomic mass is 35.5. The summed E-state index contributed by atoms with van der Waals surface area (Å²) in [7, 11) is 0. The lowest BCUT2D eigenvalue weighted by Crippen LogP contribution is -2.32. The molecule has 0 unspecified atom stereocenters. The van der Waals surface area contributed by atoms with E-state index in [0.29, 0.717) is 23.3 Å². The Morgan fingerprint density at radius 1 is 1.13 bits per heavy atom. The van der Waals surface area contributed by atoms with Crippen LogP contribution in [0.5, 0.6) is 0 Å². The molecule has 0 aliphatic rings. The molecular formula is C16H18ClNO5. The molecule has 0 saturated carbocycles. The van der Waals surface area contributed by atoms with Crippen molar-refractivity contribution in [1.29, 1.82) is 0 Å². The van der Waals surface area contributed by atoms with Crippen LogP contribution < -0.4 is 11.3 Å². The van der Waals surface area contributed by atoms with Gasteiger partial charge in [0.15, 0.2) is 0 Å². The van der Waals surface area contributed by atoms with Crippen LogP contribution in [0.15, 0.2) is 32.2 Å². The van der Waals surface area contributed by atoms with Gasteiger partial charge in [0.2, 0.25) is 0 Å². The Kier molecular flexibility index (Phi) is 5.98. The van der Waals surface area contributed by atoms with E-state index < -0.39 is 17.3 Å². The molecule has 1 heterocycles. The number of halogens is 1. The number of aromatic nitrogens is 1. The van der Waals surface area contributed by atoms with Gasteiger partial charge in [-0.2, -0.15) is 0 Å². The molecule has 7 heteroatoms. The zero-order chi connectivity index (χ0) is 16.8. The van der Waals surface area contributed by atoms with E-state index in [9.17, 15) is 14.4 Å². The second kappa shape index (κ2) is 7.97. The predicted molar refractivity (Wildman–Crippen MR) is 87.1 cm³/mol. The Morgan fingerprint density at radius 3 is 2.57 bits per heavy atom. The van der Waals surface area contributed by atoms with Gasteiger partial charge in [0.05, 0.1) is 5.39 Å². The van der Waals surface area contributed by atoms with Gasteiger partial charge < -0.3 is 9.52 Å². The highest BCUT2D eigenvalue weighted by Crippen LogP contribution is 2.15. The highest BCUT2D eigenvalue weighted by Gasteiger charge is 2.09. The first-order valence-corrected chi connectivity index (χ1v) is 7.92. The molecule has 2 aromatic rings. The van der Waals surface area contributed by atoms with Gasteiger partial charge in [-0.1, -0.05) is 30.9 Å². The molecule has 0 bridgehead atoms. The van der Waals surface area contributed by atoms with Crippen molar-refractivity contribution >= 4 is 28.5 Å². The fourth-order valence-corrected chi connectivity index (χ4v) is 2.58. The van der Waals surface area contributed by atoms with E-state index in [0.717, 1.165) is 23.8 Å². The molecule has 2 rings (SSSR count). The lowest BCUT2D eigenvalue weighted by molar-refractivity contribution is -0.137. The standard InChI is InChI=1S/C16H18ClNO5/c17-11-7-8-13-12(10-11)15(21)18(16(22)23-13)9-5-3-1-2-4-6-14(19)20/h7-8,10H,1-6,9H2,(H,19,20). The maximum absolute atomic E-state index is 12.3. The summed E-state index contributed by atoms with van der Waals surface area (Å²) in [5.41, 5.74) is -0.168. The SMILES string of the molecule is O=C(O)CCCCCCCn1c(=O)oc2ccc(Cl)cc2c1=O. The van der Waals surface area contributed by atoms with Crippen molar-refractivity contribution in [3.8, 4) is 0 Å². The number of nitrogens with zero attached hydrogens (tertiary/aromatic N) is 1. The van der Waals surface area contributed by atoms with Gasteiger partial charge in [-0.25, -0.2) is 9.36 Å². The number of aliphatic carboxylic acids is 1. The van der Waals surface area contributed by atoms with Crippen LogP contribution in [0.2, 0.25) is 5.02 Å². The van der Waals surface area contributed by atoms with Gasteiger partial charge >= 0.3 is 11.7 Å². The number of carboxylic acids is 1. The predicted octanol–water partition coefficient (Wildman–Crippen LogP) is 3.03. The normalized spacial score (nSPS) is 11.0. The average molecular weight is 340 g/mol. The lowest BCUT2D eigenvalue weighted by atomic mass is 10.1. The first-order chi connectivity index (χ1) is 11.0. The summed E-state index contributed by atoms with van der Waals surface area (Å²) in [6, 6.07) is 4.56. The Bertz CT molecular complexity index is 808.